The molecule has 1 aromatic carbocycles. The van der Waals surface area contributed by atoms with Crippen molar-refractivity contribution in [1.29, 1.82) is 0 Å². The van der Waals surface area contributed by atoms with Gasteiger partial charge < -0.3 is 14.8 Å². The number of amides is 1. The van der Waals surface area contributed by atoms with Crippen molar-refractivity contribution in [2.75, 3.05) is 25.7 Å². The van der Waals surface area contributed by atoms with Crippen LogP contribution >= 0.6 is 11.8 Å². The third-order valence-electron chi connectivity index (χ3n) is 3.65. The van der Waals surface area contributed by atoms with Crippen LogP contribution < -0.4 is 10.1 Å². The van der Waals surface area contributed by atoms with Crippen molar-refractivity contribution in [2.24, 2.45) is 0 Å². The van der Waals surface area contributed by atoms with Gasteiger partial charge in [-0.25, -0.2) is 4.79 Å². The van der Waals surface area contributed by atoms with Crippen LogP contribution in [-0.2, 0) is 14.3 Å². The maximum Gasteiger partial charge on any atom is 0.328 e. The molecule has 6 heteroatoms. The highest BCUT2D eigenvalue weighted by Gasteiger charge is 2.21. The van der Waals surface area contributed by atoms with E-state index in [2.05, 4.69) is 5.32 Å². The predicted octanol–water partition coefficient (Wildman–Crippen LogP) is 2.40. The van der Waals surface area contributed by atoms with Crippen molar-refractivity contribution in [2.45, 2.75) is 33.2 Å². The lowest BCUT2D eigenvalue weighted by atomic mass is 10.1. The van der Waals surface area contributed by atoms with Gasteiger partial charge in [0.05, 0.1) is 7.11 Å². The third kappa shape index (κ3) is 5.78. The Morgan fingerprint density at radius 2 is 1.87 bits per heavy atom. The minimum Gasteiger partial charge on any atom is -0.483 e. The maximum atomic E-state index is 12.1. The summed E-state index contributed by atoms with van der Waals surface area (Å²) in [6, 6.07) is 3.35. The van der Waals surface area contributed by atoms with E-state index < -0.39 is 12.0 Å². The minimum absolute atomic E-state index is 0.127. The van der Waals surface area contributed by atoms with Crippen molar-refractivity contribution in [3.63, 3.8) is 0 Å². The summed E-state index contributed by atoms with van der Waals surface area (Å²) in [5.41, 5.74) is 3.11. The Labute approximate surface area is 142 Å². The second-order valence-corrected chi connectivity index (χ2v) is 6.35. The molecule has 0 aliphatic carbocycles. The molecule has 128 valence electrons. The Morgan fingerprint density at radius 1 is 1.22 bits per heavy atom. The zero-order valence-electron chi connectivity index (χ0n) is 14.4. The number of methoxy groups -OCH3 is 1. The van der Waals surface area contributed by atoms with Crippen LogP contribution in [0.3, 0.4) is 0 Å². The van der Waals surface area contributed by atoms with Crippen LogP contribution in [0.4, 0.5) is 0 Å². The lowest BCUT2D eigenvalue weighted by molar-refractivity contribution is -0.145. The van der Waals surface area contributed by atoms with Crippen LogP contribution in [0.2, 0.25) is 0 Å². The van der Waals surface area contributed by atoms with E-state index in [1.165, 1.54) is 7.11 Å². The number of ether oxygens (including phenoxy) is 2. The number of esters is 1. The number of nitrogens with one attached hydrogen (secondary N) is 1. The number of carbonyl (C=O) groups excluding carboxylic acids is 2. The van der Waals surface area contributed by atoms with Gasteiger partial charge in [0.25, 0.3) is 5.91 Å². The van der Waals surface area contributed by atoms with Gasteiger partial charge in [0.2, 0.25) is 0 Å². The van der Waals surface area contributed by atoms with Gasteiger partial charge in [-0.1, -0.05) is 12.1 Å². The number of benzene rings is 1. The van der Waals surface area contributed by atoms with Gasteiger partial charge in [-0.15, -0.1) is 0 Å². The number of carbonyl (C=O) groups is 2. The fraction of sp³-hybridized carbons (Fsp3) is 0.529. The molecule has 0 radical (unpaired) electrons. The Bertz CT molecular complexity index is 560. The molecule has 1 atom stereocenters. The van der Waals surface area contributed by atoms with E-state index in [4.69, 9.17) is 9.47 Å². The Hall–Kier alpha value is -1.69. The summed E-state index contributed by atoms with van der Waals surface area (Å²) in [5.74, 6) is 0.716. The van der Waals surface area contributed by atoms with Gasteiger partial charge in [0.1, 0.15) is 11.8 Å². The molecule has 1 amide bonds. The topological polar surface area (TPSA) is 64.6 Å². The van der Waals surface area contributed by atoms with Crippen LogP contribution in [0, 0.1) is 20.8 Å². The summed E-state index contributed by atoms with van der Waals surface area (Å²) in [7, 11) is 1.32. The van der Waals surface area contributed by atoms with Crippen molar-refractivity contribution >= 4 is 23.6 Å². The Morgan fingerprint density at radius 3 is 2.48 bits per heavy atom. The molecular weight excluding hydrogens is 314 g/mol. The van der Waals surface area contributed by atoms with E-state index in [-0.39, 0.29) is 12.5 Å². The van der Waals surface area contributed by atoms with Crippen molar-refractivity contribution < 1.29 is 19.1 Å². The summed E-state index contributed by atoms with van der Waals surface area (Å²) in [6.45, 7) is 5.77. The molecule has 1 N–H and O–H groups in total. The second kappa shape index (κ2) is 9.45. The van der Waals surface area contributed by atoms with Gasteiger partial charge in [-0.2, -0.15) is 11.8 Å². The van der Waals surface area contributed by atoms with Gasteiger partial charge in [0.15, 0.2) is 6.61 Å². The van der Waals surface area contributed by atoms with Gasteiger partial charge >= 0.3 is 5.97 Å². The second-order valence-electron chi connectivity index (χ2n) is 5.37. The van der Waals surface area contributed by atoms with Crippen molar-refractivity contribution in [1.82, 2.24) is 5.32 Å². The Balaban J connectivity index is 2.65. The van der Waals surface area contributed by atoms with Crippen LogP contribution in [-0.4, -0.2) is 43.6 Å². The summed E-state index contributed by atoms with van der Waals surface area (Å²) >= 11 is 1.61. The van der Waals surface area contributed by atoms with E-state index in [1.807, 2.05) is 39.2 Å². The number of rotatable bonds is 8. The molecule has 5 nitrogen and oxygen atoms in total. The summed E-state index contributed by atoms with van der Waals surface area (Å²) < 4.78 is 10.4. The highest BCUT2D eigenvalue weighted by atomic mass is 32.2. The van der Waals surface area contributed by atoms with Gasteiger partial charge in [0, 0.05) is 0 Å². The SMILES string of the molecule is COC(=O)[C@H](CCSC)NC(=O)COc1c(C)ccc(C)c1C. The standard InChI is InChI=1S/C17H25NO4S/c1-11-6-7-12(2)16(13(11)3)22-10-15(19)18-14(8-9-23-5)17(20)21-4/h6-7,14H,8-10H2,1-5H3,(H,18,19)/t14-/m0/s1. The third-order valence-corrected chi connectivity index (χ3v) is 4.30. The molecule has 0 heterocycles. The Kier molecular flexibility index (Phi) is 7.95. The predicted molar refractivity (Wildman–Crippen MR) is 93.1 cm³/mol. The first-order valence-corrected chi connectivity index (χ1v) is 8.85. The van der Waals surface area contributed by atoms with E-state index in [0.29, 0.717) is 6.42 Å². The molecule has 0 spiro atoms. The average molecular weight is 339 g/mol. The van der Waals surface area contributed by atoms with Crippen molar-refractivity contribution in [3.8, 4) is 5.75 Å². The molecule has 0 aromatic heterocycles. The van der Waals surface area contributed by atoms with Crippen LogP contribution in [0.15, 0.2) is 12.1 Å². The zero-order valence-corrected chi connectivity index (χ0v) is 15.2. The van der Waals surface area contributed by atoms with Gasteiger partial charge in [-0.3, -0.25) is 4.79 Å². The van der Waals surface area contributed by atoms with E-state index >= 15 is 0 Å². The summed E-state index contributed by atoms with van der Waals surface area (Å²) in [4.78, 5) is 23.8. The monoisotopic (exact) mass is 339 g/mol. The number of aryl methyl sites for hydroxylation is 2. The normalized spacial score (nSPS) is 11.7. The first-order chi connectivity index (χ1) is 10.9. The quantitative estimate of drug-likeness (QED) is 0.737. The zero-order chi connectivity index (χ0) is 17.4. The molecule has 0 aliphatic heterocycles. The lowest BCUT2D eigenvalue weighted by Crippen LogP contribution is -2.44. The minimum atomic E-state index is -0.636. The first-order valence-electron chi connectivity index (χ1n) is 7.46. The highest BCUT2D eigenvalue weighted by Crippen LogP contribution is 2.25. The molecule has 1 aromatic rings. The smallest absolute Gasteiger partial charge is 0.328 e. The summed E-state index contributed by atoms with van der Waals surface area (Å²) in [6.07, 6.45) is 2.48. The molecule has 23 heavy (non-hydrogen) atoms. The molecule has 1 rings (SSSR count). The van der Waals surface area contributed by atoms with Gasteiger partial charge in [-0.05, 0) is 55.9 Å². The van der Waals surface area contributed by atoms with E-state index in [0.717, 1.165) is 28.2 Å². The fourth-order valence-corrected chi connectivity index (χ4v) is 2.62. The largest absolute Gasteiger partial charge is 0.483 e. The molecule has 0 saturated carbocycles. The molecule has 0 bridgehead atoms. The summed E-state index contributed by atoms with van der Waals surface area (Å²) in [5, 5.41) is 2.67. The number of thioether (sulfide) groups is 1. The van der Waals surface area contributed by atoms with E-state index in [9.17, 15) is 9.59 Å². The fourth-order valence-electron chi connectivity index (χ4n) is 2.15. The molecular formula is C17H25NO4S. The van der Waals surface area contributed by atoms with Crippen LogP contribution in [0.1, 0.15) is 23.1 Å². The number of hydrogen-bond acceptors (Lipinski definition) is 5. The highest BCUT2D eigenvalue weighted by molar-refractivity contribution is 7.98. The maximum absolute atomic E-state index is 12.1. The molecule has 0 unspecified atom stereocenters. The molecule has 0 fully saturated rings. The molecule has 0 saturated heterocycles. The van der Waals surface area contributed by atoms with Crippen molar-refractivity contribution in [3.05, 3.63) is 28.8 Å². The van der Waals surface area contributed by atoms with Crippen LogP contribution in [0.25, 0.3) is 0 Å². The number of hydrogen-bond donors (Lipinski definition) is 1. The van der Waals surface area contributed by atoms with E-state index in [1.54, 1.807) is 11.8 Å². The molecule has 0 aliphatic rings. The first kappa shape index (κ1) is 19.4. The van der Waals surface area contributed by atoms with Crippen LogP contribution in [0.5, 0.6) is 5.75 Å². The lowest BCUT2D eigenvalue weighted by Gasteiger charge is -2.17. The average Bonchev–Trinajstić information content (AvgIpc) is 2.54.